The second kappa shape index (κ2) is 4.18. The molecule has 0 saturated carbocycles. The number of benzene rings is 1. The first kappa shape index (κ1) is 12.0. The molecule has 1 atom stereocenters. The molecule has 1 unspecified atom stereocenters. The van der Waals surface area contributed by atoms with E-state index in [1.165, 1.54) is 6.92 Å². The molecule has 0 spiro atoms. The number of hydrogen-bond acceptors (Lipinski definition) is 2. The van der Waals surface area contributed by atoms with Gasteiger partial charge in [0, 0.05) is 10.0 Å². The van der Waals surface area contributed by atoms with E-state index in [2.05, 4.69) is 15.9 Å². The standard InChI is InChI=1S/C10H10BrFO3/c1-4-3-6(12)9(13)7(8(4)11)5(2)10(14)15/h3,5,13H,1-2H3,(H,14,15). The summed E-state index contributed by atoms with van der Waals surface area (Å²) in [6.45, 7) is 3.02. The number of phenolic OH excluding ortho intramolecular Hbond substituents is 1. The lowest BCUT2D eigenvalue weighted by atomic mass is 9.98. The highest BCUT2D eigenvalue weighted by molar-refractivity contribution is 9.10. The molecule has 0 fully saturated rings. The maximum absolute atomic E-state index is 13.2. The predicted molar refractivity (Wildman–Crippen MR) is 56.6 cm³/mol. The van der Waals surface area contributed by atoms with E-state index in [4.69, 9.17) is 5.11 Å². The summed E-state index contributed by atoms with van der Waals surface area (Å²) in [6.07, 6.45) is 0. The number of phenols is 1. The first-order valence-corrected chi connectivity index (χ1v) is 5.05. The minimum absolute atomic E-state index is 0.0694. The zero-order valence-electron chi connectivity index (χ0n) is 8.21. The van der Waals surface area contributed by atoms with Crippen LogP contribution in [0.2, 0.25) is 0 Å². The van der Waals surface area contributed by atoms with Gasteiger partial charge in [-0.1, -0.05) is 15.9 Å². The SMILES string of the molecule is Cc1cc(F)c(O)c(C(C)C(=O)O)c1Br. The molecule has 0 aliphatic carbocycles. The van der Waals surface area contributed by atoms with Crippen LogP contribution in [0.15, 0.2) is 10.5 Å². The van der Waals surface area contributed by atoms with Gasteiger partial charge >= 0.3 is 5.97 Å². The minimum Gasteiger partial charge on any atom is -0.505 e. The second-order valence-corrected chi connectivity index (χ2v) is 4.10. The van der Waals surface area contributed by atoms with Crippen LogP contribution >= 0.6 is 15.9 Å². The van der Waals surface area contributed by atoms with Crippen LogP contribution < -0.4 is 0 Å². The predicted octanol–water partition coefficient (Wildman–Crippen LogP) is 2.79. The topological polar surface area (TPSA) is 57.5 Å². The molecule has 0 bridgehead atoms. The molecule has 0 saturated heterocycles. The molecule has 2 N–H and O–H groups in total. The molecule has 0 aliphatic rings. The monoisotopic (exact) mass is 276 g/mol. The van der Waals surface area contributed by atoms with Crippen molar-refractivity contribution in [1.29, 1.82) is 0 Å². The number of carboxylic acid groups (broad SMARTS) is 1. The van der Waals surface area contributed by atoms with Crippen molar-refractivity contribution in [2.24, 2.45) is 0 Å². The normalized spacial score (nSPS) is 12.5. The van der Waals surface area contributed by atoms with Gasteiger partial charge in [-0.05, 0) is 25.5 Å². The molecular formula is C10H10BrFO3. The summed E-state index contributed by atoms with van der Waals surface area (Å²) in [5.41, 5.74) is 0.619. The summed E-state index contributed by atoms with van der Waals surface area (Å²) in [6, 6.07) is 1.15. The van der Waals surface area contributed by atoms with Gasteiger partial charge in [-0.2, -0.15) is 0 Å². The van der Waals surface area contributed by atoms with Gasteiger partial charge in [0.05, 0.1) is 5.92 Å². The maximum atomic E-state index is 13.2. The number of aryl methyl sites for hydroxylation is 1. The first-order chi connectivity index (χ1) is 6.86. The Morgan fingerprint density at radius 3 is 2.60 bits per heavy atom. The van der Waals surface area contributed by atoms with Crippen molar-refractivity contribution in [2.45, 2.75) is 19.8 Å². The second-order valence-electron chi connectivity index (χ2n) is 3.31. The number of aromatic hydroxyl groups is 1. The number of aliphatic carboxylic acids is 1. The van der Waals surface area contributed by atoms with Crippen LogP contribution in [-0.4, -0.2) is 16.2 Å². The molecule has 5 heteroatoms. The van der Waals surface area contributed by atoms with Gasteiger partial charge in [0.2, 0.25) is 0 Å². The molecule has 0 amide bonds. The van der Waals surface area contributed by atoms with Gasteiger partial charge in [0.1, 0.15) is 0 Å². The molecular weight excluding hydrogens is 267 g/mol. The van der Waals surface area contributed by atoms with Crippen LogP contribution in [0.5, 0.6) is 5.75 Å². The van der Waals surface area contributed by atoms with Crippen molar-refractivity contribution < 1.29 is 19.4 Å². The van der Waals surface area contributed by atoms with E-state index in [1.54, 1.807) is 6.92 Å². The molecule has 1 aromatic rings. The van der Waals surface area contributed by atoms with Crippen molar-refractivity contribution in [2.75, 3.05) is 0 Å². The zero-order chi connectivity index (χ0) is 11.7. The van der Waals surface area contributed by atoms with Crippen molar-refractivity contribution in [3.63, 3.8) is 0 Å². The van der Waals surface area contributed by atoms with Gasteiger partial charge in [-0.3, -0.25) is 4.79 Å². The first-order valence-electron chi connectivity index (χ1n) is 4.26. The lowest BCUT2D eigenvalue weighted by molar-refractivity contribution is -0.138. The van der Waals surface area contributed by atoms with Gasteiger partial charge in [0.15, 0.2) is 11.6 Å². The van der Waals surface area contributed by atoms with Gasteiger partial charge in [-0.25, -0.2) is 4.39 Å². The molecule has 0 heterocycles. The average Bonchev–Trinajstić information content (AvgIpc) is 2.15. The lowest BCUT2D eigenvalue weighted by Crippen LogP contribution is -2.09. The summed E-state index contributed by atoms with van der Waals surface area (Å²) < 4.78 is 13.6. The highest BCUT2D eigenvalue weighted by Gasteiger charge is 2.24. The van der Waals surface area contributed by atoms with Gasteiger partial charge in [-0.15, -0.1) is 0 Å². The Hall–Kier alpha value is -1.10. The summed E-state index contributed by atoms with van der Waals surface area (Å²) >= 11 is 3.14. The third-order valence-electron chi connectivity index (χ3n) is 2.21. The van der Waals surface area contributed by atoms with E-state index in [0.29, 0.717) is 10.0 Å². The molecule has 0 aromatic heterocycles. The third kappa shape index (κ3) is 2.12. The lowest BCUT2D eigenvalue weighted by Gasteiger charge is -2.13. The smallest absolute Gasteiger partial charge is 0.310 e. The van der Waals surface area contributed by atoms with E-state index in [9.17, 15) is 14.3 Å². The fourth-order valence-electron chi connectivity index (χ4n) is 1.29. The highest BCUT2D eigenvalue weighted by Crippen LogP contribution is 2.37. The Morgan fingerprint density at radius 2 is 2.13 bits per heavy atom. The fourth-order valence-corrected chi connectivity index (χ4v) is 1.93. The van der Waals surface area contributed by atoms with Crippen LogP contribution in [0.25, 0.3) is 0 Å². The van der Waals surface area contributed by atoms with Crippen LogP contribution in [0, 0.1) is 12.7 Å². The molecule has 15 heavy (non-hydrogen) atoms. The Labute approximate surface area is 94.7 Å². The van der Waals surface area contributed by atoms with Crippen molar-refractivity contribution in [1.82, 2.24) is 0 Å². The quantitative estimate of drug-likeness (QED) is 0.873. The number of carbonyl (C=O) groups is 1. The summed E-state index contributed by atoms with van der Waals surface area (Å²) in [7, 11) is 0. The minimum atomic E-state index is -1.11. The van der Waals surface area contributed by atoms with E-state index in [1.807, 2.05) is 0 Å². The largest absolute Gasteiger partial charge is 0.505 e. The van der Waals surface area contributed by atoms with E-state index in [-0.39, 0.29) is 5.56 Å². The number of rotatable bonds is 2. The van der Waals surface area contributed by atoms with E-state index >= 15 is 0 Å². The molecule has 82 valence electrons. The molecule has 1 rings (SSSR count). The summed E-state index contributed by atoms with van der Waals surface area (Å²) in [5, 5.41) is 18.3. The molecule has 1 aromatic carbocycles. The van der Waals surface area contributed by atoms with Crippen LogP contribution in [-0.2, 0) is 4.79 Å². The van der Waals surface area contributed by atoms with Crippen LogP contribution in [0.3, 0.4) is 0 Å². The highest BCUT2D eigenvalue weighted by atomic mass is 79.9. The van der Waals surface area contributed by atoms with Crippen LogP contribution in [0.4, 0.5) is 4.39 Å². The van der Waals surface area contributed by atoms with Crippen molar-refractivity contribution in [3.8, 4) is 5.75 Å². The number of hydrogen-bond donors (Lipinski definition) is 2. The van der Waals surface area contributed by atoms with Crippen molar-refractivity contribution in [3.05, 3.63) is 27.5 Å². The number of halogens is 2. The third-order valence-corrected chi connectivity index (χ3v) is 3.26. The molecule has 0 aliphatic heterocycles. The zero-order valence-corrected chi connectivity index (χ0v) is 9.80. The van der Waals surface area contributed by atoms with Crippen LogP contribution in [0.1, 0.15) is 24.0 Å². The van der Waals surface area contributed by atoms with E-state index < -0.39 is 23.5 Å². The molecule has 0 radical (unpaired) electrons. The maximum Gasteiger partial charge on any atom is 0.310 e. The van der Waals surface area contributed by atoms with Gasteiger partial charge in [0.25, 0.3) is 0 Å². The summed E-state index contributed by atoms with van der Waals surface area (Å²) in [4.78, 5) is 10.8. The van der Waals surface area contributed by atoms with Gasteiger partial charge < -0.3 is 10.2 Å². The Bertz CT molecular complexity index is 391. The number of carboxylic acids is 1. The Balaban J connectivity index is 3.45. The molecule has 3 nitrogen and oxygen atoms in total. The van der Waals surface area contributed by atoms with E-state index in [0.717, 1.165) is 6.07 Å². The Kier molecular flexibility index (Phi) is 3.34. The van der Waals surface area contributed by atoms with Crippen molar-refractivity contribution >= 4 is 21.9 Å². The summed E-state index contributed by atoms with van der Waals surface area (Å²) in [5.74, 6) is -3.49. The average molecular weight is 277 g/mol. The fraction of sp³-hybridized carbons (Fsp3) is 0.300. The Morgan fingerprint density at radius 1 is 1.60 bits per heavy atom.